The van der Waals surface area contributed by atoms with Gasteiger partial charge in [-0.15, -0.1) is 0 Å². The molecule has 0 aromatic carbocycles. The summed E-state index contributed by atoms with van der Waals surface area (Å²) in [5, 5.41) is 2.81. The Kier molecular flexibility index (Phi) is 6.92. The van der Waals surface area contributed by atoms with Crippen molar-refractivity contribution in [3.05, 3.63) is 47.8 Å². The lowest BCUT2D eigenvalue weighted by Crippen LogP contribution is -1.93. The minimum Gasteiger partial charge on any atom is -0.368 e. The molecule has 13 heavy (non-hydrogen) atoms. The fourth-order valence-corrected chi connectivity index (χ4v) is 0.637. The van der Waals surface area contributed by atoms with Crippen molar-refractivity contribution in [1.29, 1.82) is 0 Å². The van der Waals surface area contributed by atoms with Crippen LogP contribution in [0, 0.1) is 0 Å². The van der Waals surface area contributed by atoms with E-state index in [1.807, 2.05) is 6.08 Å². The number of rotatable bonds is 5. The molecule has 2 nitrogen and oxygen atoms in total. The standard InChI is InChI=1S/C10H12BrNO/c1-3-10(11)5-4-7-12-8-6-9(2)13/h3-8,12H,1H2,2H3/b7-4+,8-6+,10-5+. The second-order valence-electron chi connectivity index (χ2n) is 2.23. The van der Waals surface area contributed by atoms with Crippen LogP contribution in [-0.2, 0) is 4.79 Å². The Balaban J connectivity index is 3.77. The SMILES string of the molecule is C=C/C(Br)=C\C=C\N/C=C/C(C)=O. The quantitative estimate of drug-likeness (QED) is 0.593. The molecule has 0 fully saturated rings. The van der Waals surface area contributed by atoms with Crippen molar-refractivity contribution in [2.24, 2.45) is 0 Å². The van der Waals surface area contributed by atoms with Gasteiger partial charge in [0.1, 0.15) is 0 Å². The summed E-state index contributed by atoms with van der Waals surface area (Å²) in [6, 6.07) is 0. The lowest BCUT2D eigenvalue weighted by molar-refractivity contribution is -0.112. The molecule has 1 N–H and O–H groups in total. The first-order valence-corrected chi connectivity index (χ1v) is 4.54. The minimum absolute atomic E-state index is 0.0173. The highest BCUT2D eigenvalue weighted by molar-refractivity contribution is 9.11. The summed E-state index contributed by atoms with van der Waals surface area (Å²) in [5.74, 6) is 0.0173. The van der Waals surface area contributed by atoms with Gasteiger partial charge < -0.3 is 5.32 Å². The summed E-state index contributed by atoms with van der Waals surface area (Å²) >= 11 is 3.26. The highest BCUT2D eigenvalue weighted by atomic mass is 79.9. The fraction of sp³-hybridized carbons (Fsp3) is 0.100. The van der Waals surface area contributed by atoms with Crippen LogP contribution in [0.1, 0.15) is 6.92 Å². The Morgan fingerprint density at radius 2 is 2.15 bits per heavy atom. The van der Waals surface area contributed by atoms with Gasteiger partial charge in [-0.1, -0.05) is 28.6 Å². The van der Waals surface area contributed by atoms with Crippen LogP contribution < -0.4 is 5.32 Å². The number of allylic oxidation sites excluding steroid dienone is 5. The van der Waals surface area contributed by atoms with Crippen LogP contribution >= 0.6 is 15.9 Å². The van der Waals surface area contributed by atoms with Gasteiger partial charge in [0.05, 0.1) is 0 Å². The molecule has 0 aliphatic rings. The predicted molar refractivity (Wildman–Crippen MR) is 59.3 cm³/mol. The Morgan fingerprint density at radius 3 is 2.69 bits per heavy atom. The summed E-state index contributed by atoms with van der Waals surface area (Å²) < 4.78 is 0.904. The zero-order valence-corrected chi connectivity index (χ0v) is 9.04. The smallest absolute Gasteiger partial charge is 0.154 e. The fourth-order valence-electron chi connectivity index (χ4n) is 0.485. The molecule has 0 aliphatic heterocycles. The van der Waals surface area contributed by atoms with Crippen molar-refractivity contribution < 1.29 is 4.79 Å². The highest BCUT2D eigenvalue weighted by Gasteiger charge is 1.78. The van der Waals surface area contributed by atoms with Crippen LogP contribution in [0.15, 0.2) is 47.8 Å². The van der Waals surface area contributed by atoms with Crippen LogP contribution in [0.2, 0.25) is 0 Å². The van der Waals surface area contributed by atoms with Crippen molar-refractivity contribution in [2.75, 3.05) is 0 Å². The molecule has 0 amide bonds. The molecule has 0 heterocycles. The van der Waals surface area contributed by atoms with Gasteiger partial charge in [0.15, 0.2) is 5.78 Å². The third-order valence-corrected chi connectivity index (χ3v) is 1.65. The second kappa shape index (κ2) is 7.55. The van der Waals surface area contributed by atoms with Crippen LogP contribution in [-0.4, -0.2) is 5.78 Å². The van der Waals surface area contributed by atoms with Crippen molar-refractivity contribution in [3.63, 3.8) is 0 Å². The third-order valence-electron chi connectivity index (χ3n) is 1.06. The Labute approximate surface area is 86.8 Å². The molecule has 0 aromatic rings. The van der Waals surface area contributed by atoms with E-state index in [1.165, 1.54) is 13.0 Å². The van der Waals surface area contributed by atoms with Gasteiger partial charge >= 0.3 is 0 Å². The number of hydrogen-bond donors (Lipinski definition) is 1. The molecule has 0 atom stereocenters. The molecule has 0 spiro atoms. The number of nitrogens with one attached hydrogen (secondary N) is 1. The van der Waals surface area contributed by atoms with Crippen molar-refractivity contribution in [2.45, 2.75) is 6.92 Å². The number of carbonyl (C=O) groups excluding carboxylic acids is 1. The third kappa shape index (κ3) is 8.82. The van der Waals surface area contributed by atoms with E-state index >= 15 is 0 Å². The summed E-state index contributed by atoms with van der Waals surface area (Å²) in [7, 11) is 0. The van der Waals surface area contributed by atoms with E-state index in [0.717, 1.165) is 4.48 Å². The number of carbonyl (C=O) groups is 1. The summed E-state index contributed by atoms with van der Waals surface area (Å²) in [5.41, 5.74) is 0. The topological polar surface area (TPSA) is 29.1 Å². The molecule has 0 saturated heterocycles. The predicted octanol–water partition coefficient (Wildman–Crippen LogP) is 2.66. The first-order chi connectivity index (χ1) is 6.16. The molecular weight excluding hydrogens is 230 g/mol. The molecule has 0 saturated carbocycles. The van der Waals surface area contributed by atoms with Gasteiger partial charge in [-0.3, -0.25) is 4.79 Å². The van der Waals surface area contributed by atoms with E-state index in [2.05, 4.69) is 27.8 Å². The molecule has 0 aliphatic carbocycles. The van der Waals surface area contributed by atoms with Crippen molar-refractivity contribution in [3.8, 4) is 0 Å². The minimum atomic E-state index is 0.0173. The largest absolute Gasteiger partial charge is 0.368 e. The number of ketones is 1. The van der Waals surface area contributed by atoms with E-state index in [1.54, 1.807) is 24.6 Å². The van der Waals surface area contributed by atoms with E-state index in [0.29, 0.717) is 0 Å². The van der Waals surface area contributed by atoms with Gasteiger partial charge in [-0.05, 0) is 25.2 Å². The van der Waals surface area contributed by atoms with Gasteiger partial charge in [0.25, 0.3) is 0 Å². The van der Waals surface area contributed by atoms with Crippen LogP contribution in [0.3, 0.4) is 0 Å². The molecule has 70 valence electrons. The molecule has 0 radical (unpaired) electrons. The molecule has 3 heteroatoms. The first kappa shape index (κ1) is 11.9. The average molecular weight is 242 g/mol. The van der Waals surface area contributed by atoms with E-state index < -0.39 is 0 Å². The Morgan fingerprint density at radius 1 is 1.46 bits per heavy atom. The number of halogens is 1. The molecule has 0 aromatic heterocycles. The maximum absolute atomic E-state index is 10.4. The van der Waals surface area contributed by atoms with Gasteiger partial charge in [0.2, 0.25) is 0 Å². The van der Waals surface area contributed by atoms with Crippen molar-refractivity contribution >= 4 is 21.7 Å². The van der Waals surface area contributed by atoms with E-state index in [4.69, 9.17) is 0 Å². The van der Waals surface area contributed by atoms with Gasteiger partial charge in [-0.25, -0.2) is 0 Å². The monoisotopic (exact) mass is 241 g/mol. The van der Waals surface area contributed by atoms with Gasteiger partial charge in [0, 0.05) is 16.9 Å². The second-order valence-corrected chi connectivity index (χ2v) is 3.14. The average Bonchev–Trinajstić information content (AvgIpc) is 2.10. The Hall–Kier alpha value is -1.09. The molecule has 0 bridgehead atoms. The highest BCUT2D eigenvalue weighted by Crippen LogP contribution is 2.03. The Bertz CT molecular complexity index is 264. The van der Waals surface area contributed by atoms with Crippen molar-refractivity contribution in [1.82, 2.24) is 5.32 Å². The summed E-state index contributed by atoms with van der Waals surface area (Å²) in [4.78, 5) is 10.4. The normalized spacial score (nSPS) is 12.3. The molecule has 0 unspecified atom stereocenters. The summed E-state index contributed by atoms with van der Waals surface area (Å²) in [6.07, 6.45) is 10.1. The number of hydrogen-bond acceptors (Lipinski definition) is 2. The lowest BCUT2D eigenvalue weighted by atomic mass is 10.4. The zero-order valence-electron chi connectivity index (χ0n) is 7.46. The zero-order chi connectivity index (χ0) is 10.1. The van der Waals surface area contributed by atoms with E-state index in [-0.39, 0.29) is 5.78 Å². The first-order valence-electron chi connectivity index (χ1n) is 3.74. The van der Waals surface area contributed by atoms with Crippen LogP contribution in [0.4, 0.5) is 0 Å². The van der Waals surface area contributed by atoms with Crippen LogP contribution in [0.5, 0.6) is 0 Å². The molecule has 0 rings (SSSR count). The lowest BCUT2D eigenvalue weighted by Gasteiger charge is -1.86. The van der Waals surface area contributed by atoms with Gasteiger partial charge in [-0.2, -0.15) is 0 Å². The molecular formula is C10H12BrNO. The maximum atomic E-state index is 10.4. The van der Waals surface area contributed by atoms with E-state index in [9.17, 15) is 4.79 Å². The summed E-state index contributed by atoms with van der Waals surface area (Å²) in [6.45, 7) is 5.07. The van der Waals surface area contributed by atoms with Crippen LogP contribution in [0.25, 0.3) is 0 Å². The maximum Gasteiger partial charge on any atom is 0.154 e.